The molecule has 1 amide bonds. The Labute approximate surface area is 155 Å². The fourth-order valence-electron chi connectivity index (χ4n) is 2.61. The van der Waals surface area contributed by atoms with E-state index in [-0.39, 0.29) is 17.5 Å². The summed E-state index contributed by atoms with van der Waals surface area (Å²) in [5.41, 5.74) is 0.552. The predicted octanol–water partition coefficient (Wildman–Crippen LogP) is 3.37. The zero-order chi connectivity index (χ0) is 18.7. The van der Waals surface area contributed by atoms with E-state index in [1.54, 1.807) is 36.0 Å². The van der Waals surface area contributed by atoms with Crippen LogP contribution in [0.4, 0.5) is 0 Å². The van der Waals surface area contributed by atoms with Gasteiger partial charge in [-0.1, -0.05) is 23.9 Å². The summed E-state index contributed by atoms with van der Waals surface area (Å²) < 4.78 is 6.86. The molecule has 26 heavy (non-hydrogen) atoms. The zero-order valence-electron chi connectivity index (χ0n) is 14.9. The molecule has 136 valence electrons. The molecule has 2 aromatic heterocycles. The second kappa shape index (κ2) is 7.78. The molecule has 3 aromatic rings. The molecule has 0 radical (unpaired) electrons. The summed E-state index contributed by atoms with van der Waals surface area (Å²) in [7, 11) is 0. The number of thioether (sulfide) groups is 1. The number of aromatic nitrogens is 2. The molecule has 1 atom stereocenters. The molecule has 0 aliphatic carbocycles. The summed E-state index contributed by atoms with van der Waals surface area (Å²) in [4.78, 5) is 29.8. The highest BCUT2D eigenvalue weighted by atomic mass is 32.2. The number of nitrogens with one attached hydrogen (secondary N) is 1. The second-order valence-corrected chi connectivity index (χ2v) is 7.55. The Morgan fingerprint density at radius 2 is 2.00 bits per heavy atom. The molecule has 1 aromatic carbocycles. The van der Waals surface area contributed by atoms with E-state index >= 15 is 0 Å². The minimum absolute atomic E-state index is 0.0551. The summed E-state index contributed by atoms with van der Waals surface area (Å²) in [6.45, 7) is 6.00. The molecule has 0 fully saturated rings. The maximum Gasteiger partial charge on any atom is 0.262 e. The minimum atomic E-state index is -0.400. The van der Waals surface area contributed by atoms with Gasteiger partial charge in [0, 0.05) is 6.04 Å². The van der Waals surface area contributed by atoms with Gasteiger partial charge in [-0.25, -0.2) is 4.98 Å². The second-order valence-electron chi connectivity index (χ2n) is 6.24. The number of carbonyl (C=O) groups excluding carboxylic acids is 1. The lowest BCUT2D eigenvalue weighted by atomic mass is 10.2. The number of hydrogen-bond donors (Lipinski definition) is 1. The van der Waals surface area contributed by atoms with E-state index in [0.717, 1.165) is 0 Å². The van der Waals surface area contributed by atoms with Crippen LogP contribution in [0.3, 0.4) is 0 Å². The van der Waals surface area contributed by atoms with Crippen LogP contribution >= 0.6 is 11.8 Å². The van der Waals surface area contributed by atoms with Crippen molar-refractivity contribution in [3.63, 3.8) is 0 Å². The normalized spacial score (nSPS) is 12.5. The Kier molecular flexibility index (Phi) is 5.46. The third-order valence-electron chi connectivity index (χ3n) is 3.96. The Morgan fingerprint density at radius 1 is 1.23 bits per heavy atom. The summed E-state index contributed by atoms with van der Waals surface area (Å²) >= 11 is 1.28. The van der Waals surface area contributed by atoms with Crippen LogP contribution in [-0.4, -0.2) is 20.7 Å². The standard InChI is InChI=1S/C19H21N3O3S/c1-12(2)22-18(24)15-8-4-5-9-16(15)21-19(22)26-13(3)17(23)20-11-14-7-6-10-25-14/h4-10,12-13H,11H2,1-3H3,(H,20,23)/t13-/m1/s1. The molecule has 0 saturated heterocycles. The van der Waals surface area contributed by atoms with Crippen LogP contribution in [0.1, 0.15) is 32.6 Å². The van der Waals surface area contributed by atoms with Crippen molar-refractivity contribution in [2.75, 3.05) is 0 Å². The maximum atomic E-state index is 12.8. The molecular formula is C19H21N3O3S. The SMILES string of the molecule is CC(C)n1c(S[C@H](C)C(=O)NCc2ccco2)nc2ccccc2c1=O. The van der Waals surface area contributed by atoms with Crippen LogP contribution in [-0.2, 0) is 11.3 Å². The van der Waals surface area contributed by atoms with Crippen molar-refractivity contribution < 1.29 is 9.21 Å². The number of para-hydroxylation sites is 1. The van der Waals surface area contributed by atoms with E-state index in [1.807, 2.05) is 32.0 Å². The van der Waals surface area contributed by atoms with Crippen molar-refractivity contribution in [1.29, 1.82) is 0 Å². The van der Waals surface area contributed by atoms with Gasteiger partial charge in [0.15, 0.2) is 5.16 Å². The summed E-state index contributed by atoms with van der Waals surface area (Å²) in [6.07, 6.45) is 1.57. The lowest BCUT2D eigenvalue weighted by Gasteiger charge is -2.18. The van der Waals surface area contributed by atoms with Gasteiger partial charge in [-0.05, 0) is 45.0 Å². The van der Waals surface area contributed by atoms with Crippen molar-refractivity contribution >= 4 is 28.6 Å². The van der Waals surface area contributed by atoms with E-state index in [0.29, 0.717) is 28.4 Å². The fraction of sp³-hybridized carbons (Fsp3) is 0.316. The molecule has 2 heterocycles. The fourth-order valence-corrected chi connectivity index (χ4v) is 3.67. The van der Waals surface area contributed by atoms with Crippen LogP contribution < -0.4 is 10.9 Å². The summed E-state index contributed by atoms with van der Waals surface area (Å²) in [5.74, 6) is 0.558. The lowest BCUT2D eigenvalue weighted by Crippen LogP contribution is -2.32. The first-order chi connectivity index (χ1) is 12.5. The van der Waals surface area contributed by atoms with Gasteiger partial charge in [0.1, 0.15) is 5.76 Å². The number of hydrogen-bond acceptors (Lipinski definition) is 5. The number of furan rings is 1. The number of nitrogens with zero attached hydrogens (tertiary/aromatic N) is 2. The Balaban J connectivity index is 1.83. The number of carbonyl (C=O) groups is 1. The molecular weight excluding hydrogens is 350 g/mol. The van der Waals surface area contributed by atoms with Gasteiger partial charge in [-0.15, -0.1) is 0 Å². The molecule has 0 spiro atoms. The first-order valence-corrected chi connectivity index (χ1v) is 9.33. The quantitative estimate of drug-likeness (QED) is 0.531. The average molecular weight is 371 g/mol. The van der Waals surface area contributed by atoms with Crippen LogP contribution in [0.5, 0.6) is 0 Å². The highest BCUT2D eigenvalue weighted by Crippen LogP contribution is 2.24. The third kappa shape index (κ3) is 3.83. The highest BCUT2D eigenvalue weighted by molar-refractivity contribution is 8.00. The average Bonchev–Trinajstić information content (AvgIpc) is 3.13. The van der Waals surface area contributed by atoms with Gasteiger partial charge in [0.25, 0.3) is 5.56 Å². The number of fused-ring (bicyclic) bond motifs is 1. The predicted molar refractivity (Wildman–Crippen MR) is 102 cm³/mol. The Morgan fingerprint density at radius 3 is 2.69 bits per heavy atom. The zero-order valence-corrected chi connectivity index (χ0v) is 15.7. The molecule has 3 rings (SSSR count). The van der Waals surface area contributed by atoms with Gasteiger partial charge in [-0.2, -0.15) is 0 Å². The Bertz CT molecular complexity index is 964. The monoisotopic (exact) mass is 371 g/mol. The van der Waals surface area contributed by atoms with Gasteiger partial charge in [-0.3, -0.25) is 14.2 Å². The van der Waals surface area contributed by atoms with Crippen LogP contribution in [0, 0.1) is 0 Å². The molecule has 6 nitrogen and oxygen atoms in total. The summed E-state index contributed by atoms with van der Waals surface area (Å²) in [5, 5.41) is 3.57. The number of amides is 1. The van der Waals surface area contributed by atoms with Gasteiger partial charge in [0.2, 0.25) is 5.91 Å². The van der Waals surface area contributed by atoms with Crippen molar-refractivity contribution in [3.05, 3.63) is 58.8 Å². The van der Waals surface area contributed by atoms with E-state index in [9.17, 15) is 9.59 Å². The third-order valence-corrected chi connectivity index (χ3v) is 5.03. The lowest BCUT2D eigenvalue weighted by molar-refractivity contribution is -0.120. The largest absolute Gasteiger partial charge is 0.467 e. The van der Waals surface area contributed by atoms with Gasteiger partial charge >= 0.3 is 0 Å². The van der Waals surface area contributed by atoms with Crippen LogP contribution in [0.2, 0.25) is 0 Å². The van der Waals surface area contributed by atoms with Gasteiger partial charge < -0.3 is 9.73 Å². The first kappa shape index (κ1) is 18.3. The Hall–Kier alpha value is -2.54. The van der Waals surface area contributed by atoms with Crippen molar-refractivity contribution in [3.8, 4) is 0 Å². The van der Waals surface area contributed by atoms with Crippen LogP contribution in [0.25, 0.3) is 10.9 Å². The molecule has 0 aliphatic rings. The topological polar surface area (TPSA) is 77.1 Å². The first-order valence-electron chi connectivity index (χ1n) is 8.45. The van der Waals surface area contributed by atoms with Crippen molar-refractivity contribution in [2.45, 2.75) is 43.8 Å². The van der Waals surface area contributed by atoms with Crippen LogP contribution in [0.15, 0.2) is 57.0 Å². The van der Waals surface area contributed by atoms with E-state index in [4.69, 9.17) is 4.42 Å². The molecule has 7 heteroatoms. The van der Waals surface area contributed by atoms with E-state index in [2.05, 4.69) is 10.3 Å². The molecule has 0 bridgehead atoms. The maximum absolute atomic E-state index is 12.8. The van der Waals surface area contributed by atoms with Crippen molar-refractivity contribution in [1.82, 2.24) is 14.9 Å². The van der Waals surface area contributed by atoms with Crippen molar-refractivity contribution in [2.24, 2.45) is 0 Å². The molecule has 1 N–H and O–H groups in total. The summed E-state index contributed by atoms with van der Waals surface area (Å²) in [6, 6.07) is 10.8. The smallest absolute Gasteiger partial charge is 0.262 e. The van der Waals surface area contributed by atoms with E-state index in [1.165, 1.54) is 11.8 Å². The highest BCUT2D eigenvalue weighted by Gasteiger charge is 2.20. The molecule has 0 aliphatic heterocycles. The number of rotatable bonds is 6. The minimum Gasteiger partial charge on any atom is -0.467 e. The van der Waals surface area contributed by atoms with Gasteiger partial charge in [0.05, 0.1) is 29.0 Å². The molecule has 0 unspecified atom stereocenters. The molecule has 0 saturated carbocycles. The number of benzene rings is 1. The van der Waals surface area contributed by atoms with E-state index < -0.39 is 5.25 Å².